The van der Waals surface area contributed by atoms with Gasteiger partial charge < -0.3 is 4.57 Å². The van der Waals surface area contributed by atoms with Crippen LogP contribution in [-0.2, 0) is 11.3 Å². The largest absolute Gasteiger partial charge is 0.313 e. The first-order chi connectivity index (χ1) is 9.60. The Morgan fingerprint density at radius 1 is 1.40 bits per heavy atom. The Kier molecular flexibility index (Phi) is 2.75. The van der Waals surface area contributed by atoms with Crippen LogP contribution in [0, 0.1) is 18.3 Å². The number of hydrogen-bond donors (Lipinski definition) is 0. The minimum absolute atomic E-state index is 0.176. The number of amides is 1. The molecule has 0 fully saturated rings. The van der Waals surface area contributed by atoms with Gasteiger partial charge in [-0.3, -0.25) is 14.7 Å². The fourth-order valence-electron chi connectivity index (χ4n) is 2.41. The molecule has 3 heterocycles. The maximum atomic E-state index is 11.7. The first kappa shape index (κ1) is 12.4. The summed E-state index contributed by atoms with van der Waals surface area (Å²) in [6.45, 7) is 3.81. The third kappa shape index (κ3) is 1.84. The van der Waals surface area contributed by atoms with Crippen LogP contribution in [0.25, 0.3) is 11.4 Å². The molecule has 6 nitrogen and oxygen atoms in total. The SMILES string of the molecule is CC(=O)N1c2nc(-c3cccc(C)n3)cn2CC1C#N. The summed E-state index contributed by atoms with van der Waals surface area (Å²) in [6, 6.07) is 7.37. The monoisotopic (exact) mass is 267 g/mol. The van der Waals surface area contributed by atoms with Crippen molar-refractivity contribution < 1.29 is 4.79 Å². The molecule has 0 aromatic carbocycles. The van der Waals surface area contributed by atoms with Gasteiger partial charge in [0.05, 0.1) is 18.3 Å². The van der Waals surface area contributed by atoms with Gasteiger partial charge in [-0.25, -0.2) is 4.98 Å². The number of carbonyl (C=O) groups is 1. The summed E-state index contributed by atoms with van der Waals surface area (Å²) in [6.07, 6.45) is 1.84. The van der Waals surface area contributed by atoms with Crippen molar-refractivity contribution in [3.05, 3.63) is 30.1 Å². The minimum Gasteiger partial charge on any atom is -0.313 e. The molecule has 1 atom stereocenters. The first-order valence-corrected chi connectivity index (χ1v) is 6.31. The second-order valence-corrected chi connectivity index (χ2v) is 4.78. The molecular formula is C14H13N5O. The number of rotatable bonds is 1. The van der Waals surface area contributed by atoms with Gasteiger partial charge in [0.1, 0.15) is 11.7 Å². The molecule has 1 unspecified atom stereocenters. The molecule has 0 spiro atoms. The van der Waals surface area contributed by atoms with E-state index >= 15 is 0 Å². The van der Waals surface area contributed by atoms with E-state index in [9.17, 15) is 4.79 Å². The average Bonchev–Trinajstić information content (AvgIpc) is 2.94. The standard InChI is InChI=1S/C14H13N5O/c1-9-4-3-5-12(16-9)13-8-18-7-11(6-15)19(10(2)20)14(18)17-13/h3-5,8,11H,7H2,1-2H3. The van der Waals surface area contributed by atoms with Crippen LogP contribution in [0.2, 0.25) is 0 Å². The van der Waals surface area contributed by atoms with E-state index in [2.05, 4.69) is 16.0 Å². The molecule has 2 aromatic heterocycles. The lowest BCUT2D eigenvalue weighted by Crippen LogP contribution is -2.35. The number of nitrogens with zero attached hydrogens (tertiary/aromatic N) is 5. The molecule has 0 radical (unpaired) electrons. The number of fused-ring (bicyclic) bond motifs is 1. The second-order valence-electron chi connectivity index (χ2n) is 4.78. The minimum atomic E-state index is -0.477. The summed E-state index contributed by atoms with van der Waals surface area (Å²) in [4.78, 5) is 22.0. The predicted molar refractivity (Wildman–Crippen MR) is 72.8 cm³/mol. The molecule has 0 bridgehead atoms. The number of pyridine rings is 1. The highest BCUT2D eigenvalue weighted by atomic mass is 16.2. The number of nitriles is 1. The Hall–Kier alpha value is -2.68. The highest BCUT2D eigenvalue weighted by molar-refractivity contribution is 5.92. The Morgan fingerprint density at radius 3 is 2.85 bits per heavy atom. The van der Waals surface area contributed by atoms with E-state index in [-0.39, 0.29) is 5.91 Å². The molecule has 0 saturated carbocycles. The Bertz CT molecular complexity index is 727. The number of aryl methyl sites for hydroxylation is 1. The zero-order valence-electron chi connectivity index (χ0n) is 11.2. The molecule has 0 aliphatic carbocycles. The molecule has 20 heavy (non-hydrogen) atoms. The third-order valence-corrected chi connectivity index (χ3v) is 3.29. The highest BCUT2D eigenvalue weighted by Crippen LogP contribution is 2.29. The summed E-state index contributed by atoms with van der Waals surface area (Å²) in [5.41, 5.74) is 2.39. The molecule has 1 amide bonds. The molecule has 2 aromatic rings. The summed E-state index contributed by atoms with van der Waals surface area (Å²) >= 11 is 0. The maximum Gasteiger partial charge on any atom is 0.227 e. The van der Waals surface area contributed by atoms with Crippen LogP contribution in [0.5, 0.6) is 0 Å². The molecule has 0 saturated heterocycles. The molecule has 1 aliphatic rings. The van der Waals surface area contributed by atoms with Crippen LogP contribution in [0.4, 0.5) is 5.95 Å². The smallest absolute Gasteiger partial charge is 0.227 e. The summed E-state index contributed by atoms with van der Waals surface area (Å²) in [5, 5.41) is 9.10. The van der Waals surface area contributed by atoms with Gasteiger partial charge in [0.2, 0.25) is 11.9 Å². The van der Waals surface area contributed by atoms with Crippen LogP contribution in [-0.4, -0.2) is 26.5 Å². The first-order valence-electron chi connectivity index (χ1n) is 6.31. The topological polar surface area (TPSA) is 74.8 Å². The van der Waals surface area contributed by atoms with Crippen LogP contribution in [0.3, 0.4) is 0 Å². The molecule has 1 aliphatic heterocycles. The average molecular weight is 267 g/mol. The fraction of sp³-hybridized carbons (Fsp3) is 0.286. The van der Waals surface area contributed by atoms with Crippen molar-refractivity contribution in [2.24, 2.45) is 0 Å². The fourth-order valence-corrected chi connectivity index (χ4v) is 2.41. The van der Waals surface area contributed by atoms with Crippen molar-refractivity contribution in [3.8, 4) is 17.5 Å². The predicted octanol–water partition coefficient (Wildman–Crippen LogP) is 1.51. The van der Waals surface area contributed by atoms with Crippen molar-refractivity contribution in [2.75, 3.05) is 4.90 Å². The van der Waals surface area contributed by atoms with Gasteiger partial charge in [0, 0.05) is 18.8 Å². The van der Waals surface area contributed by atoms with Crippen molar-refractivity contribution >= 4 is 11.9 Å². The van der Waals surface area contributed by atoms with E-state index in [1.807, 2.05) is 35.9 Å². The molecular weight excluding hydrogens is 254 g/mol. The molecule has 100 valence electrons. The van der Waals surface area contributed by atoms with Gasteiger partial charge in [0.15, 0.2) is 0 Å². The lowest BCUT2D eigenvalue weighted by molar-refractivity contribution is -0.116. The molecule has 3 rings (SSSR count). The van der Waals surface area contributed by atoms with E-state index in [0.717, 1.165) is 11.4 Å². The van der Waals surface area contributed by atoms with Crippen LogP contribution < -0.4 is 4.90 Å². The zero-order chi connectivity index (χ0) is 14.3. The lowest BCUT2D eigenvalue weighted by Gasteiger charge is -2.15. The van der Waals surface area contributed by atoms with E-state index in [0.29, 0.717) is 18.2 Å². The van der Waals surface area contributed by atoms with Crippen molar-refractivity contribution in [1.29, 1.82) is 5.26 Å². The number of hydrogen-bond acceptors (Lipinski definition) is 4. The van der Waals surface area contributed by atoms with Gasteiger partial charge in [-0.1, -0.05) is 6.07 Å². The number of carbonyl (C=O) groups excluding carboxylic acids is 1. The van der Waals surface area contributed by atoms with E-state index in [4.69, 9.17) is 5.26 Å². The summed E-state index contributed by atoms with van der Waals surface area (Å²) in [7, 11) is 0. The molecule has 0 N–H and O–H groups in total. The number of anilines is 1. The van der Waals surface area contributed by atoms with Crippen LogP contribution in [0.1, 0.15) is 12.6 Å². The Labute approximate surface area is 116 Å². The Balaban J connectivity index is 2.04. The van der Waals surface area contributed by atoms with Gasteiger partial charge in [0.25, 0.3) is 0 Å². The van der Waals surface area contributed by atoms with Crippen molar-refractivity contribution in [1.82, 2.24) is 14.5 Å². The van der Waals surface area contributed by atoms with Crippen molar-refractivity contribution in [3.63, 3.8) is 0 Å². The van der Waals surface area contributed by atoms with E-state index in [1.165, 1.54) is 11.8 Å². The van der Waals surface area contributed by atoms with Gasteiger partial charge in [-0.2, -0.15) is 5.26 Å². The third-order valence-electron chi connectivity index (χ3n) is 3.29. The maximum absolute atomic E-state index is 11.7. The van der Waals surface area contributed by atoms with Crippen LogP contribution in [0.15, 0.2) is 24.4 Å². The van der Waals surface area contributed by atoms with Crippen LogP contribution >= 0.6 is 0 Å². The number of imidazole rings is 1. The van der Waals surface area contributed by atoms with Gasteiger partial charge >= 0.3 is 0 Å². The van der Waals surface area contributed by atoms with Crippen molar-refractivity contribution in [2.45, 2.75) is 26.4 Å². The molecule has 6 heteroatoms. The quantitative estimate of drug-likeness (QED) is 0.785. The second kappa shape index (κ2) is 4.46. The van der Waals surface area contributed by atoms with E-state index < -0.39 is 6.04 Å². The zero-order valence-corrected chi connectivity index (χ0v) is 11.2. The highest BCUT2D eigenvalue weighted by Gasteiger charge is 2.34. The summed E-state index contributed by atoms with van der Waals surface area (Å²) < 4.78 is 1.83. The Morgan fingerprint density at radius 2 is 2.20 bits per heavy atom. The van der Waals surface area contributed by atoms with Gasteiger partial charge in [-0.05, 0) is 19.1 Å². The van der Waals surface area contributed by atoms with E-state index in [1.54, 1.807) is 0 Å². The normalized spacial score (nSPS) is 16.9. The summed E-state index contributed by atoms with van der Waals surface area (Å²) in [5.74, 6) is 0.340. The lowest BCUT2D eigenvalue weighted by atomic mass is 10.2. The van der Waals surface area contributed by atoms with Gasteiger partial charge in [-0.15, -0.1) is 0 Å². The number of aromatic nitrogens is 3.